The second kappa shape index (κ2) is 6.64. The van der Waals surface area contributed by atoms with E-state index in [0.29, 0.717) is 27.2 Å². The molecule has 21 heavy (non-hydrogen) atoms. The molecule has 0 saturated heterocycles. The summed E-state index contributed by atoms with van der Waals surface area (Å²) in [6.07, 6.45) is 0. The largest absolute Gasteiger partial charge is 0.288 e. The molecule has 1 N–H and O–H groups in total. The van der Waals surface area contributed by atoms with Crippen molar-refractivity contribution >= 4 is 54.7 Å². The van der Waals surface area contributed by atoms with Crippen LogP contribution < -0.4 is 4.72 Å². The van der Waals surface area contributed by atoms with Crippen LogP contribution in [0.1, 0.15) is 4.88 Å². The van der Waals surface area contributed by atoms with E-state index in [0.717, 1.165) is 3.79 Å². The minimum Gasteiger partial charge on any atom is -0.280 e. The SMILES string of the molecule is Cc1sc(Br)cc1S(=O)(=O)Nc1ccc(SC(F)F)cc1. The molecule has 0 unspecified atom stereocenters. The number of nitrogens with one attached hydrogen (secondary N) is 1. The smallest absolute Gasteiger partial charge is 0.280 e. The Balaban J connectivity index is 2.19. The van der Waals surface area contributed by atoms with E-state index in [-0.39, 0.29) is 4.90 Å². The molecule has 1 aromatic carbocycles. The van der Waals surface area contributed by atoms with Crippen LogP contribution in [0.5, 0.6) is 0 Å². The van der Waals surface area contributed by atoms with Crippen molar-refractivity contribution in [3.05, 3.63) is 39.0 Å². The third-order valence-electron chi connectivity index (χ3n) is 2.46. The van der Waals surface area contributed by atoms with Gasteiger partial charge in [-0.2, -0.15) is 8.78 Å². The third kappa shape index (κ3) is 4.41. The minimum atomic E-state index is -3.68. The molecule has 0 fully saturated rings. The maximum atomic E-state index is 12.2. The van der Waals surface area contributed by atoms with Gasteiger partial charge in [0, 0.05) is 15.5 Å². The van der Waals surface area contributed by atoms with Crippen LogP contribution in [0.4, 0.5) is 14.5 Å². The normalized spacial score (nSPS) is 11.9. The summed E-state index contributed by atoms with van der Waals surface area (Å²) in [6, 6.07) is 7.34. The fourth-order valence-electron chi connectivity index (χ4n) is 1.61. The Labute approximate surface area is 137 Å². The molecule has 1 aromatic heterocycles. The first-order valence-corrected chi connectivity index (χ1v) is 9.59. The van der Waals surface area contributed by atoms with Gasteiger partial charge in [0.1, 0.15) is 4.90 Å². The Kier molecular flexibility index (Phi) is 5.29. The van der Waals surface area contributed by atoms with Gasteiger partial charge >= 0.3 is 0 Å². The Morgan fingerprint density at radius 3 is 2.38 bits per heavy atom. The molecule has 114 valence electrons. The van der Waals surface area contributed by atoms with Crippen LogP contribution in [-0.4, -0.2) is 14.2 Å². The molecule has 0 radical (unpaired) electrons. The van der Waals surface area contributed by atoms with E-state index in [1.165, 1.54) is 41.7 Å². The molecule has 0 bridgehead atoms. The minimum absolute atomic E-state index is 0.199. The molecule has 0 saturated carbocycles. The van der Waals surface area contributed by atoms with Crippen LogP contribution in [0.2, 0.25) is 0 Å². The van der Waals surface area contributed by atoms with Crippen molar-refractivity contribution in [2.24, 2.45) is 0 Å². The maximum Gasteiger partial charge on any atom is 0.288 e. The average Bonchev–Trinajstić information content (AvgIpc) is 2.71. The number of halogens is 3. The lowest BCUT2D eigenvalue weighted by Crippen LogP contribution is -2.12. The zero-order chi connectivity index (χ0) is 15.6. The van der Waals surface area contributed by atoms with Crippen LogP contribution >= 0.6 is 39.0 Å². The monoisotopic (exact) mass is 413 g/mol. The Hall–Kier alpha value is -0.640. The van der Waals surface area contributed by atoms with E-state index < -0.39 is 15.8 Å². The molecule has 0 atom stereocenters. The van der Waals surface area contributed by atoms with Crippen molar-refractivity contribution in [3.8, 4) is 0 Å². The van der Waals surface area contributed by atoms with Gasteiger partial charge in [-0.1, -0.05) is 11.8 Å². The number of anilines is 1. The fraction of sp³-hybridized carbons (Fsp3) is 0.167. The molecule has 3 nitrogen and oxygen atoms in total. The second-order valence-corrected chi connectivity index (χ2v) is 9.33. The maximum absolute atomic E-state index is 12.2. The molecule has 0 aliphatic carbocycles. The van der Waals surface area contributed by atoms with Crippen LogP contribution in [-0.2, 0) is 10.0 Å². The number of alkyl halides is 2. The summed E-state index contributed by atoms with van der Waals surface area (Å²) in [7, 11) is -3.68. The second-order valence-electron chi connectivity index (χ2n) is 3.98. The van der Waals surface area contributed by atoms with Gasteiger partial charge in [-0.25, -0.2) is 8.42 Å². The van der Waals surface area contributed by atoms with Crippen molar-refractivity contribution in [3.63, 3.8) is 0 Å². The lowest BCUT2D eigenvalue weighted by molar-refractivity contribution is 0.252. The summed E-state index contributed by atoms with van der Waals surface area (Å²) in [5.41, 5.74) is 0.329. The Morgan fingerprint density at radius 1 is 1.29 bits per heavy atom. The highest BCUT2D eigenvalue weighted by Crippen LogP contribution is 2.31. The molecule has 2 rings (SSSR count). The van der Waals surface area contributed by atoms with Crippen molar-refractivity contribution in [2.75, 3.05) is 4.72 Å². The van der Waals surface area contributed by atoms with Gasteiger partial charge < -0.3 is 0 Å². The third-order valence-corrected chi connectivity index (χ3v) is 6.38. The summed E-state index contributed by atoms with van der Waals surface area (Å²) in [6.45, 7) is 1.71. The van der Waals surface area contributed by atoms with Gasteiger partial charge in [-0.15, -0.1) is 11.3 Å². The highest BCUT2D eigenvalue weighted by molar-refractivity contribution is 9.11. The molecule has 9 heteroatoms. The summed E-state index contributed by atoms with van der Waals surface area (Å²) in [5, 5.41) is 0. The van der Waals surface area contributed by atoms with Gasteiger partial charge in [-0.05, 0) is 53.2 Å². The van der Waals surface area contributed by atoms with Gasteiger partial charge in [0.15, 0.2) is 0 Å². The standard InChI is InChI=1S/C12H10BrF2NO2S3/c1-7-10(6-11(13)19-7)21(17,18)16-8-2-4-9(5-3-8)20-12(14)15/h2-6,12,16H,1H3. The summed E-state index contributed by atoms with van der Waals surface area (Å²) >= 11 is 4.98. The number of sulfonamides is 1. The summed E-state index contributed by atoms with van der Waals surface area (Å²) < 4.78 is 52.1. The van der Waals surface area contributed by atoms with E-state index >= 15 is 0 Å². The lowest BCUT2D eigenvalue weighted by Gasteiger charge is -2.08. The summed E-state index contributed by atoms with van der Waals surface area (Å²) in [5.74, 6) is -2.50. The number of thioether (sulfide) groups is 1. The van der Waals surface area contributed by atoms with Crippen LogP contribution in [0.25, 0.3) is 0 Å². The van der Waals surface area contributed by atoms with E-state index in [1.807, 2.05) is 0 Å². The fourth-order valence-corrected chi connectivity index (χ4v) is 5.59. The van der Waals surface area contributed by atoms with Crippen molar-refractivity contribution in [1.82, 2.24) is 0 Å². The van der Waals surface area contributed by atoms with Crippen LogP contribution in [0.15, 0.2) is 43.9 Å². The highest BCUT2D eigenvalue weighted by atomic mass is 79.9. The van der Waals surface area contributed by atoms with Gasteiger partial charge in [-0.3, -0.25) is 4.72 Å². The first kappa shape index (κ1) is 16.7. The average molecular weight is 414 g/mol. The van der Waals surface area contributed by atoms with Gasteiger partial charge in [0.05, 0.1) is 3.79 Å². The van der Waals surface area contributed by atoms with Gasteiger partial charge in [0.2, 0.25) is 0 Å². The quantitative estimate of drug-likeness (QED) is 0.706. The predicted octanol–water partition coefficient (Wildman–Crippen LogP) is 4.93. The number of rotatable bonds is 5. The van der Waals surface area contributed by atoms with Crippen molar-refractivity contribution in [1.29, 1.82) is 0 Å². The molecule has 0 spiro atoms. The van der Waals surface area contributed by atoms with Crippen LogP contribution in [0, 0.1) is 6.92 Å². The zero-order valence-corrected chi connectivity index (χ0v) is 14.7. The van der Waals surface area contributed by atoms with E-state index in [2.05, 4.69) is 20.7 Å². The highest BCUT2D eigenvalue weighted by Gasteiger charge is 2.19. The summed E-state index contributed by atoms with van der Waals surface area (Å²) in [4.78, 5) is 1.24. The first-order chi connectivity index (χ1) is 9.78. The predicted molar refractivity (Wildman–Crippen MR) is 85.9 cm³/mol. The number of hydrogen-bond donors (Lipinski definition) is 1. The topological polar surface area (TPSA) is 46.2 Å². The van der Waals surface area contributed by atoms with Crippen molar-refractivity contribution < 1.29 is 17.2 Å². The Bertz CT molecular complexity index is 729. The molecule has 0 aliphatic rings. The number of hydrogen-bond acceptors (Lipinski definition) is 4. The lowest BCUT2D eigenvalue weighted by atomic mass is 10.3. The molecular formula is C12H10BrF2NO2S3. The number of aryl methyl sites for hydroxylation is 1. The van der Waals surface area contributed by atoms with Crippen LogP contribution in [0.3, 0.4) is 0 Å². The molecular weight excluding hydrogens is 404 g/mol. The van der Waals surface area contributed by atoms with Gasteiger partial charge in [0.25, 0.3) is 15.8 Å². The van der Waals surface area contributed by atoms with E-state index in [4.69, 9.17) is 0 Å². The molecule has 2 aromatic rings. The van der Waals surface area contributed by atoms with E-state index in [9.17, 15) is 17.2 Å². The number of benzene rings is 1. The van der Waals surface area contributed by atoms with E-state index in [1.54, 1.807) is 6.92 Å². The molecule has 0 amide bonds. The molecule has 1 heterocycles. The Morgan fingerprint density at radius 2 is 1.90 bits per heavy atom. The zero-order valence-electron chi connectivity index (χ0n) is 10.6. The van der Waals surface area contributed by atoms with Crippen molar-refractivity contribution in [2.45, 2.75) is 22.5 Å². The molecule has 0 aliphatic heterocycles. The first-order valence-electron chi connectivity index (χ1n) is 5.61. The number of thiophene rings is 1.